The fourth-order valence-corrected chi connectivity index (χ4v) is 3.96. The first-order valence-corrected chi connectivity index (χ1v) is 12.5. The number of ether oxygens (including phenoxy) is 1. The molecule has 1 aromatic carbocycles. The molecule has 3 nitrogen and oxygen atoms in total. The third kappa shape index (κ3) is 11.9. The summed E-state index contributed by atoms with van der Waals surface area (Å²) in [4.78, 5) is 9.31. The van der Waals surface area contributed by atoms with Gasteiger partial charge in [-0.2, -0.15) is 0 Å². The van der Waals surface area contributed by atoms with Gasteiger partial charge in [-0.3, -0.25) is 4.57 Å². The van der Waals surface area contributed by atoms with Gasteiger partial charge >= 0.3 is 0 Å². The van der Waals surface area contributed by atoms with Crippen molar-refractivity contribution in [2.45, 2.75) is 52.4 Å². The van der Waals surface area contributed by atoms with E-state index in [-0.39, 0.29) is 0 Å². The van der Waals surface area contributed by atoms with Crippen LogP contribution in [0.4, 0.5) is 0 Å². The van der Waals surface area contributed by atoms with E-state index in [0.717, 1.165) is 44.3 Å². The van der Waals surface area contributed by atoms with Crippen LogP contribution in [0.5, 0.6) is 5.75 Å². The normalized spacial score (nSPS) is 16.4. The first-order valence-electron chi connectivity index (χ1n) is 10.2. The summed E-state index contributed by atoms with van der Waals surface area (Å²) in [6, 6.07) is 9.94. The number of rotatable bonds is 14. The molecule has 1 unspecified atom stereocenters. The van der Waals surface area contributed by atoms with Crippen molar-refractivity contribution in [2.24, 2.45) is 11.8 Å². The first-order chi connectivity index (χ1) is 13.0. The molecule has 0 saturated heterocycles. The van der Waals surface area contributed by atoms with Gasteiger partial charge < -0.3 is 9.63 Å². The minimum absolute atomic E-state index is 0.417. The Kier molecular flexibility index (Phi) is 12.1. The molecule has 0 heterocycles. The first kappa shape index (κ1) is 23.7. The summed E-state index contributed by atoms with van der Waals surface area (Å²) in [5.41, 5.74) is 0. The zero-order valence-corrected chi connectivity index (χ0v) is 18.1. The zero-order chi connectivity index (χ0) is 20.0. The van der Waals surface area contributed by atoms with Gasteiger partial charge in [0.15, 0.2) is 7.37 Å². The van der Waals surface area contributed by atoms with E-state index in [9.17, 15) is 9.46 Å². The Balaban J connectivity index is 2.32. The maximum Gasteiger partial charge on any atom is 0.197 e. The Morgan fingerprint density at radius 3 is 2.44 bits per heavy atom. The Morgan fingerprint density at radius 1 is 1.07 bits per heavy atom. The van der Waals surface area contributed by atoms with Gasteiger partial charge in [0.25, 0.3) is 0 Å². The molecule has 0 spiro atoms. The Morgan fingerprint density at radius 2 is 1.81 bits per heavy atom. The molecule has 0 radical (unpaired) electrons. The summed E-state index contributed by atoms with van der Waals surface area (Å²) in [6.07, 6.45) is 15.4. The van der Waals surface area contributed by atoms with E-state index < -0.39 is 7.37 Å². The van der Waals surface area contributed by atoms with E-state index in [1.165, 1.54) is 6.66 Å². The molecule has 1 rings (SSSR count). The van der Waals surface area contributed by atoms with Crippen LogP contribution in [0.1, 0.15) is 52.4 Å². The fourth-order valence-electron chi connectivity index (χ4n) is 3.19. The van der Waals surface area contributed by atoms with Crippen LogP contribution in [-0.4, -0.2) is 24.3 Å². The molecule has 27 heavy (non-hydrogen) atoms. The van der Waals surface area contributed by atoms with Crippen LogP contribution in [0.2, 0.25) is 0 Å². The van der Waals surface area contributed by atoms with Gasteiger partial charge in [0, 0.05) is 12.8 Å². The largest absolute Gasteiger partial charge is 0.493 e. The molecule has 0 aromatic heterocycles. The van der Waals surface area contributed by atoms with Crippen molar-refractivity contribution in [3.63, 3.8) is 0 Å². The van der Waals surface area contributed by atoms with Gasteiger partial charge in [-0.25, -0.2) is 0 Å². The second-order valence-corrected chi connectivity index (χ2v) is 9.79. The highest BCUT2D eigenvalue weighted by molar-refractivity contribution is 7.57. The average molecular weight is 393 g/mol. The molecule has 152 valence electrons. The Bertz CT molecular complexity index is 589. The zero-order valence-electron chi connectivity index (χ0n) is 17.2. The van der Waals surface area contributed by atoms with Gasteiger partial charge in [0.05, 0.1) is 6.61 Å². The lowest BCUT2D eigenvalue weighted by Gasteiger charge is -2.21. The van der Waals surface area contributed by atoms with E-state index in [0.29, 0.717) is 24.6 Å². The van der Waals surface area contributed by atoms with Gasteiger partial charge in [0.2, 0.25) is 0 Å². The van der Waals surface area contributed by atoms with Gasteiger partial charge in [-0.1, -0.05) is 62.8 Å². The van der Waals surface area contributed by atoms with Gasteiger partial charge in [-0.05, 0) is 56.1 Å². The second kappa shape index (κ2) is 13.8. The number of allylic oxidation sites excluding steroid dienone is 3. The van der Waals surface area contributed by atoms with Crippen molar-refractivity contribution in [3.05, 3.63) is 54.6 Å². The molecule has 1 aromatic rings. The summed E-state index contributed by atoms with van der Waals surface area (Å²) in [6.45, 7) is 6.65. The quantitative estimate of drug-likeness (QED) is 0.218. The molecule has 0 fully saturated rings. The van der Waals surface area contributed by atoms with Crippen molar-refractivity contribution < 1.29 is 14.2 Å². The SMILES string of the molecule is CC[C@H](C/C=C\CCCP(C)(=O)O)[C@@H](/C=C/CCOc1ccccc1)CC. The predicted molar refractivity (Wildman–Crippen MR) is 117 cm³/mol. The molecular weight excluding hydrogens is 355 g/mol. The number of hydrogen-bond acceptors (Lipinski definition) is 2. The van der Waals surface area contributed by atoms with Crippen molar-refractivity contribution in [1.82, 2.24) is 0 Å². The molecule has 0 bridgehead atoms. The molecule has 0 aliphatic carbocycles. The monoisotopic (exact) mass is 392 g/mol. The summed E-state index contributed by atoms with van der Waals surface area (Å²) >= 11 is 0. The smallest absolute Gasteiger partial charge is 0.197 e. The highest BCUT2D eigenvalue weighted by Gasteiger charge is 2.14. The second-order valence-electron chi connectivity index (χ2n) is 7.24. The van der Waals surface area contributed by atoms with Gasteiger partial charge in [0.1, 0.15) is 5.75 Å². The third-order valence-electron chi connectivity index (χ3n) is 4.83. The number of para-hydroxylation sites is 1. The predicted octanol–water partition coefficient (Wildman–Crippen LogP) is 6.69. The van der Waals surface area contributed by atoms with Crippen LogP contribution in [0, 0.1) is 11.8 Å². The summed E-state index contributed by atoms with van der Waals surface area (Å²) in [5, 5.41) is 0. The molecule has 4 heteroatoms. The highest BCUT2D eigenvalue weighted by atomic mass is 31.2. The number of unbranched alkanes of at least 4 members (excludes halogenated alkanes) is 1. The highest BCUT2D eigenvalue weighted by Crippen LogP contribution is 2.36. The Hall–Kier alpha value is -1.31. The minimum atomic E-state index is -2.85. The van der Waals surface area contributed by atoms with E-state index in [2.05, 4.69) is 38.2 Å². The van der Waals surface area contributed by atoms with Crippen LogP contribution in [0.25, 0.3) is 0 Å². The van der Waals surface area contributed by atoms with Gasteiger partial charge in [-0.15, -0.1) is 0 Å². The molecule has 3 atom stereocenters. The number of benzene rings is 1. The van der Waals surface area contributed by atoms with E-state index in [1.807, 2.05) is 30.3 Å². The van der Waals surface area contributed by atoms with Crippen LogP contribution in [0.15, 0.2) is 54.6 Å². The van der Waals surface area contributed by atoms with Crippen LogP contribution in [0.3, 0.4) is 0 Å². The Labute approximate surface area is 166 Å². The molecule has 1 N–H and O–H groups in total. The topological polar surface area (TPSA) is 46.5 Å². The summed E-state index contributed by atoms with van der Waals surface area (Å²) in [7, 11) is -2.85. The molecular formula is C23H37O3P. The average Bonchev–Trinajstić information content (AvgIpc) is 2.65. The summed E-state index contributed by atoms with van der Waals surface area (Å²) < 4.78 is 17.0. The maximum absolute atomic E-state index is 11.3. The van der Waals surface area contributed by atoms with Crippen molar-refractivity contribution in [2.75, 3.05) is 19.4 Å². The van der Waals surface area contributed by atoms with E-state index in [4.69, 9.17) is 4.74 Å². The fraction of sp³-hybridized carbons (Fsp3) is 0.565. The molecule has 0 aliphatic rings. The van der Waals surface area contributed by atoms with Crippen molar-refractivity contribution in [1.29, 1.82) is 0 Å². The lowest BCUT2D eigenvalue weighted by molar-refractivity contribution is 0.323. The maximum atomic E-state index is 11.3. The third-order valence-corrected chi connectivity index (χ3v) is 5.98. The molecule has 0 saturated carbocycles. The van der Waals surface area contributed by atoms with E-state index in [1.54, 1.807) is 0 Å². The minimum Gasteiger partial charge on any atom is -0.493 e. The molecule has 0 amide bonds. The lowest BCUT2D eigenvalue weighted by Crippen LogP contribution is -2.10. The standard InChI is InChI=1S/C23H37O3P/c1-4-21(15-9-6-7-14-20-27(3,24)25)22(5-2)16-12-13-19-26-23-17-10-8-11-18-23/h6,8-12,16-18,21-22H,4-5,7,13-15,19-20H2,1-3H3,(H,24,25)/b9-6-,16-12+/t21-,22-/m1/s1. The van der Waals surface area contributed by atoms with Crippen molar-refractivity contribution in [3.8, 4) is 5.75 Å². The van der Waals surface area contributed by atoms with Crippen molar-refractivity contribution >= 4 is 7.37 Å². The lowest BCUT2D eigenvalue weighted by atomic mass is 9.85. The van der Waals surface area contributed by atoms with Crippen LogP contribution >= 0.6 is 7.37 Å². The van der Waals surface area contributed by atoms with Crippen LogP contribution in [-0.2, 0) is 4.57 Å². The van der Waals surface area contributed by atoms with E-state index >= 15 is 0 Å². The summed E-state index contributed by atoms with van der Waals surface area (Å²) in [5.74, 6) is 2.16. The van der Waals surface area contributed by atoms with Crippen LogP contribution < -0.4 is 4.74 Å². The number of hydrogen-bond donors (Lipinski definition) is 1. The molecule has 0 aliphatic heterocycles.